The summed E-state index contributed by atoms with van der Waals surface area (Å²) in [7, 11) is 0. The number of thiophene rings is 1. The van der Waals surface area contributed by atoms with Gasteiger partial charge in [-0.25, -0.2) is 0 Å². The molecule has 2 aromatic heterocycles. The molecule has 0 radical (unpaired) electrons. The van der Waals surface area contributed by atoms with E-state index in [0.29, 0.717) is 0 Å². The molecule has 2 rings (SSSR count). The minimum atomic E-state index is 0.747. The molecule has 1 N–H and O–H groups in total. The third-order valence-corrected chi connectivity index (χ3v) is 2.31. The van der Waals surface area contributed by atoms with Crippen LogP contribution < -0.4 is 0 Å². The molecule has 0 fully saturated rings. The number of rotatable bonds is 1. The van der Waals surface area contributed by atoms with E-state index in [4.69, 9.17) is 0 Å². The molecule has 0 aliphatic heterocycles. The van der Waals surface area contributed by atoms with Crippen LogP contribution in [0, 0.1) is 0 Å². The van der Waals surface area contributed by atoms with E-state index in [1.165, 1.54) is 0 Å². The number of nitrogens with one attached hydrogen (secondary N) is 1. The molecule has 0 amide bonds. The van der Waals surface area contributed by atoms with Gasteiger partial charge in [-0.2, -0.15) is 0 Å². The van der Waals surface area contributed by atoms with E-state index >= 15 is 0 Å². The summed E-state index contributed by atoms with van der Waals surface area (Å²) in [6.07, 6.45) is 2.60. The Morgan fingerprint density at radius 2 is 2.50 bits per heavy atom. The van der Waals surface area contributed by atoms with Crippen LogP contribution in [0.25, 0.3) is 10.2 Å². The summed E-state index contributed by atoms with van der Waals surface area (Å²) < 4.78 is 0. The van der Waals surface area contributed by atoms with Gasteiger partial charge in [-0.05, 0) is 11.4 Å². The molecule has 0 saturated heterocycles. The smallest absolute Gasteiger partial charge is 0.152 e. The van der Waals surface area contributed by atoms with Gasteiger partial charge in [0.1, 0.15) is 4.83 Å². The van der Waals surface area contributed by atoms with Crippen LogP contribution in [0.3, 0.4) is 0 Å². The highest BCUT2D eigenvalue weighted by atomic mass is 32.1. The molecule has 0 saturated carbocycles. The standard InChI is InChI=1S/C7H5NOS/c9-4-5-3-8-7-6(5)1-2-10-7/h1-4,8H. The van der Waals surface area contributed by atoms with E-state index in [2.05, 4.69) is 4.98 Å². The van der Waals surface area contributed by atoms with Crippen molar-refractivity contribution in [3.63, 3.8) is 0 Å². The zero-order valence-electron chi connectivity index (χ0n) is 5.13. The largest absolute Gasteiger partial charge is 0.352 e. The lowest BCUT2D eigenvalue weighted by molar-refractivity contribution is 0.112. The maximum atomic E-state index is 10.4. The first-order valence-corrected chi connectivity index (χ1v) is 3.79. The SMILES string of the molecule is O=Cc1c[nH]c2sccc12. The molecule has 50 valence electrons. The first-order valence-electron chi connectivity index (χ1n) is 2.91. The third kappa shape index (κ3) is 0.609. The molecule has 0 aromatic carbocycles. The maximum Gasteiger partial charge on any atom is 0.152 e. The fraction of sp³-hybridized carbons (Fsp3) is 0. The predicted molar refractivity (Wildman–Crippen MR) is 41.6 cm³/mol. The van der Waals surface area contributed by atoms with Crippen molar-refractivity contribution in [2.75, 3.05) is 0 Å². The molecule has 2 nitrogen and oxygen atoms in total. The average Bonchev–Trinajstić information content (AvgIpc) is 2.44. The summed E-state index contributed by atoms with van der Waals surface area (Å²) in [4.78, 5) is 14.4. The molecule has 0 aliphatic carbocycles. The zero-order chi connectivity index (χ0) is 6.97. The predicted octanol–water partition coefficient (Wildman–Crippen LogP) is 2.04. The second-order valence-electron chi connectivity index (χ2n) is 2.03. The van der Waals surface area contributed by atoms with Crippen molar-refractivity contribution < 1.29 is 4.79 Å². The van der Waals surface area contributed by atoms with Gasteiger partial charge in [0.05, 0.1) is 0 Å². The Labute approximate surface area is 61.5 Å². The Hall–Kier alpha value is -1.09. The van der Waals surface area contributed by atoms with Crippen LogP contribution in [-0.2, 0) is 0 Å². The highest BCUT2D eigenvalue weighted by molar-refractivity contribution is 7.16. The Kier molecular flexibility index (Phi) is 1.11. The topological polar surface area (TPSA) is 32.9 Å². The van der Waals surface area contributed by atoms with Crippen molar-refractivity contribution >= 4 is 27.8 Å². The van der Waals surface area contributed by atoms with Crippen LogP contribution in [0.4, 0.5) is 0 Å². The minimum Gasteiger partial charge on any atom is -0.352 e. The number of carbonyl (C=O) groups is 1. The number of hydrogen-bond donors (Lipinski definition) is 1. The summed E-state index contributed by atoms with van der Waals surface area (Å²) >= 11 is 1.61. The maximum absolute atomic E-state index is 10.4. The number of fused-ring (bicyclic) bond motifs is 1. The number of aldehydes is 1. The molecule has 0 bridgehead atoms. The van der Waals surface area contributed by atoms with Gasteiger partial charge in [0.15, 0.2) is 6.29 Å². The lowest BCUT2D eigenvalue weighted by Gasteiger charge is -1.74. The molecule has 2 heterocycles. The normalized spacial score (nSPS) is 10.4. The Bertz CT molecular complexity index is 360. The van der Waals surface area contributed by atoms with Crippen molar-refractivity contribution in [3.8, 4) is 0 Å². The monoisotopic (exact) mass is 151 g/mol. The Balaban J connectivity index is 2.88. The average molecular weight is 151 g/mol. The van der Waals surface area contributed by atoms with Gasteiger partial charge in [-0.1, -0.05) is 0 Å². The highest BCUT2D eigenvalue weighted by Gasteiger charge is 2.00. The Morgan fingerprint density at radius 3 is 3.30 bits per heavy atom. The lowest BCUT2D eigenvalue weighted by Crippen LogP contribution is -1.69. The summed E-state index contributed by atoms with van der Waals surface area (Å²) in [6, 6.07) is 1.94. The van der Waals surface area contributed by atoms with Gasteiger partial charge in [0.2, 0.25) is 0 Å². The quantitative estimate of drug-likeness (QED) is 0.621. The van der Waals surface area contributed by atoms with Crippen molar-refractivity contribution in [2.24, 2.45) is 0 Å². The molecule has 2 aromatic rings. The third-order valence-electron chi connectivity index (χ3n) is 1.46. The van der Waals surface area contributed by atoms with Crippen molar-refractivity contribution in [1.29, 1.82) is 0 Å². The number of carbonyl (C=O) groups excluding carboxylic acids is 1. The fourth-order valence-corrected chi connectivity index (χ4v) is 1.75. The van der Waals surface area contributed by atoms with Crippen molar-refractivity contribution in [2.45, 2.75) is 0 Å². The van der Waals surface area contributed by atoms with Crippen LogP contribution in [0.1, 0.15) is 10.4 Å². The first-order chi connectivity index (χ1) is 4.92. The molecule has 10 heavy (non-hydrogen) atoms. The summed E-state index contributed by atoms with van der Waals surface area (Å²) in [5, 5.41) is 2.99. The molecular weight excluding hydrogens is 146 g/mol. The zero-order valence-corrected chi connectivity index (χ0v) is 5.94. The van der Waals surface area contributed by atoms with Gasteiger partial charge >= 0.3 is 0 Å². The van der Waals surface area contributed by atoms with Gasteiger partial charge in [-0.15, -0.1) is 11.3 Å². The first kappa shape index (κ1) is 5.68. The highest BCUT2D eigenvalue weighted by Crippen LogP contribution is 2.21. The van der Waals surface area contributed by atoms with Gasteiger partial charge in [-0.3, -0.25) is 4.79 Å². The number of hydrogen-bond acceptors (Lipinski definition) is 2. The summed E-state index contributed by atoms with van der Waals surface area (Å²) in [5.74, 6) is 0. The minimum absolute atomic E-state index is 0.747. The van der Waals surface area contributed by atoms with Crippen LogP contribution in [0.15, 0.2) is 17.6 Å². The van der Waals surface area contributed by atoms with E-state index in [9.17, 15) is 4.79 Å². The summed E-state index contributed by atoms with van der Waals surface area (Å²) in [5.41, 5.74) is 0.747. The van der Waals surface area contributed by atoms with Crippen LogP contribution in [-0.4, -0.2) is 11.3 Å². The molecule has 0 aliphatic rings. The van der Waals surface area contributed by atoms with Gasteiger partial charge in [0.25, 0.3) is 0 Å². The second-order valence-corrected chi connectivity index (χ2v) is 2.94. The van der Waals surface area contributed by atoms with E-state index in [0.717, 1.165) is 22.1 Å². The summed E-state index contributed by atoms with van der Waals surface area (Å²) in [6.45, 7) is 0. The lowest BCUT2D eigenvalue weighted by atomic mass is 10.3. The van der Waals surface area contributed by atoms with Crippen LogP contribution >= 0.6 is 11.3 Å². The van der Waals surface area contributed by atoms with Crippen molar-refractivity contribution in [1.82, 2.24) is 4.98 Å². The second kappa shape index (κ2) is 1.95. The van der Waals surface area contributed by atoms with E-state index < -0.39 is 0 Å². The van der Waals surface area contributed by atoms with Crippen molar-refractivity contribution in [3.05, 3.63) is 23.2 Å². The number of aromatic nitrogens is 1. The van der Waals surface area contributed by atoms with E-state index in [1.54, 1.807) is 17.5 Å². The van der Waals surface area contributed by atoms with Gasteiger partial charge < -0.3 is 4.98 Å². The van der Waals surface area contributed by atoms with Crippen LogP contribution in [0.5, 0.6) is 0 Å². The van der Waals surface area contributed by atoms with Gasteiger partial charge in [0, 0.05) is 17.1 Å². The van der Waals surface area contributed by atoms with E-state index in [-0.39, 0.29) is 0 Å². The molecule has 0 spiro atoms. The molecular formula is C7H5NOS. The van der Waals surface area contributed by atoms with E-state index in [1.807, 2.05) is 11.4 Å². The number of aromatic amines is 1. The molecule has 0 unspecified atom stereocenters. The van der Waals surface area contributed by atoms with Crippen LogP contribution in [0.2, 0.25) is 0 Å². The number of H-pyrrole nitrogens is 1. The molecule has 0 atom stereocenters. The Morgan fingerprint density at radius 1 is 1.60 bits per heavy atom. The fourth-order valence-electron chi connectivity index (χ4n) is 0.967. The molecule has 3 heteroatoms.